The van der Waals surface area contributed by atoms with E-state index in [1.165, 1.54) is 24.0 Å². The summed E-state index contributed by atoms with van der Waals surface area (Å²) in [5.74, 6) is 0. The van der Waals surface area contributed by atoms with Gasteiger partial charge in [0, 0.05) is 30.9 Å². The molecule has 2 nitrogen and oxygen atoms in total. The van der Waals surface area contributed by atoms with Gasteiger partial charge >= 0.3 is 0 Å². The molecule has 14 heavy (non-hydrogen) atoms. The lowest BCUT2D eigenvalue weighted by Gasteiger charge is -2.37. The van der Waals surface area contributed by atoms with Crippen molar-refractivity contribution in [1.29, 1.82) is 0 Å². The number of rotatable bonds is 1. The molecule has 0 radical (unpaired) electrons. The van der Waals surface area contributed by atoms with Gasteiger partial charge in [0.25, 0.3) is 0 Å². The predicted octanol–water partition coefficient (Wildman–Crippen LogP) is 1.85. The fourth-order valence-electron chi connectivity index (χ4n) is 2.40. The average Bonchev–Trinajstić information content (AvgIpc) is 2.63. The molecule has 0 unspecified atom stereocenters. The average molecular weight is 186 g/mol. The van der Waals surface area contributed by atoms with Crippen molar-refractivity contribution in [3.8, 4) is 0 Å². The summed E-state index contributed by atoms with van der Waals surface area (Å²) in [5, 5.41) is 3.36. The zero-order chi connectivity index (χ0) is 9.43. The minimum Gasteiger partial charge on any atom is -0.315 e. The topological polar surface area (TPSA) is 24.9 Å². The molecular weight excluding hydrogens is 172 g/mol. The Labute approximate surface area is 84.1 Å². The van der Waals surface area contributed by atoms with Crippen molar-refractivity contribution < 1.29 is 0 Å². The molecule has 1 aliphatic heterocycles. The van der Waals surface area contributed by atoms with E-state index in [1.54, 1.807) is 0 Å². The van der Waals surface area contributed by atoms with E-state index in [4.69, 9.17) is 0 Å². The van der Waals surface area contributed by atoms with E-state index in [-0.39, 0.29) is 0 Å². The molecule has 1 saturated heterocycles. The van der Waals surface area contributed by atoms with Crippen LogP contribution in [0.25, 0.3) is 5.57 Å². The molecule has 1 aliphatic carbocycles. The van der Waals surface area contributed by atoms with E-state index in [9.17, 15) is 0 Å². The molecule has 1 N–H and O–H groups in total. The fourth-order valence-corrected chi connectivity index (χ4v) is 2.40. The Bertz CT molecular complexity index is 363. The van der Waals surface area contributed by atoms with Crippen molar-refractivity contribution in [1.82, 2.24) is 10.3 Å². The number of aromatic nitrogens is 1. The highest BCUT2D eigenvalue weighted by Gasteiger charge is 2.38. The van der Waals surface area contributed by atoms with Crippen molar-refractivity contribution in [2.45, 2.75) is 12.8 Å². The van der Waals surface area contributed by atoms with E-state index in [2.05, 4.69) is 22.4 Å². The maximum Gasteiger partial charge on any atom is 0.0342 e. The van der Waals surface area contributed by atoms with Crippen LogP contribution in [0.4, 0.5) is 0 Å². The third-order valence-electron chi connectivity index (χ3n) is 3.36. The van der Waals surface area contributed by atoms with Gasteiger partial charge in [0.2, 0.25) is 0 Å². The predicted molar refractivity (Wildman–Crippen MR) is 56.8 cm³/mol. The van der Waals surface area contributed by atoms with E-state index in [0.717, 1.165) is 13.1 Å². The maximum atomic E-state index is 4.16. The summed E-state index contributed by atoms with van der Waals surface area (Å²) in [5.41, 5.74) is 3.28. The monoisotopic (exact) mass is 186 g/mol. The van der Waals surface area contributed by atoms with Crippen LogP contribution in [0, 0.1) is 5.41 Å². The van der Waals surface area contributed by atoms with Gasteiger partial charge in [-0.3, -0.25) is 4.98 Å². The number of hydrogen-bond acceptors (Lipinski definition) is 2. The lowest BCUT2D eigenvalue weighted by Crippen LogP contribution is -2.50. The zero-order valence-corrected chi connectivity index (χ0v) is 8.16. The van der Waals surface area contributed by atoms with Gasteiger partial charge in [0.1, 0.15) is 0 Å². The van der Waals surface area contributed by atoms with E-state index >= 15 is 0 Å². The van der Waals surface area contributed by atoms with Gasteiger partial charge < -0.3 is 5.32 Å². The molecule has 2 heterocycles. The van der Waals surface area contributed by atoms with Gasteiger partial charge in [-0.2, -0.15) is 0 Å². The summed E-state index contributed by atoms with van der Waals surface area (Å²) in [6.45, 7) is 2.33. The number of nitrogens with one attached hydrogen (secondary N) is 1. The molecule has 1 spiro atoms. The normalized spacial score (nSPS) is 23.3. The van der Waals surface area contributed by atoms with Crippen LogP contribution in [0.2, 0.25) is 0 Å². The SMILES string of the molecule is C1=C(c2cccnc2)CCC12CNC2. The van der Waals surface area contributed by atoms with Crippen molar-refractivity contribution in [3.63, 3.8) is 0 Å². The third-order valence-corrected chi connectivity index (χ3v) is 3.36. The summed E-state index contributed by atoms with van der Waals surface area (Å²) < 4.78 is 0. The summed E-state index contributed by atoms with van der Waals surface area (Å²) in [7, 11) is 0. The van der Waals surface area contributed by atoms with Crippen LogP contribution in [0.3, 0.4) is 0 Å². The van der Waals surface area contributed by atoms with Gasteiger partial charge in [0.05, 0.1) is 0 Å². The van der Waals surface area contributed by atoms with Gasteiger partial charge in [-0.1, -0.05) is 12.1 Å². The molecule has 3 rings (SSSR count). The van der Waals surface area contributed by atoms with Crippen LogP contribution in [-0.4, -0.2) is 18.1 Å². The minimum atomic E-state index is 0.491. The van der Waals surface area contributed by atoms with Crippen molar-refractivity contribution in [2.75, 3.05) is 13.1 Å². The van der Waals surface area contributed by atoms with E-state index < -0.39 is 0 Å². The van der Waals surface area contributed by atoms with E-state index in [0.29, 0.717) is 5.41 Å². The number of allylic oxidation sites excluding steroid dienone is 1. The first kappa shape index (κ1) is 8.18. The molecule has 1 aromatic rings. The second-order valence-corrected chi connectivity index (χ2v) is 4.38. The van der Waals surface area contributed by atoms with Crippen molar-refractivity contribution in [3.05, 3.63) is 36.2 Å². The second-order valence-electron chi connectivity index (χ2n) is 4.38. The Kier molecular flexibility index (Phi) is 1.71. The molecule has 0 amide bonds. The lowest BCUT2D eigenvalue weighted by atomic mass is 9.82. The Morgan fingerprint density at radius 3 is 2.86 bits per heavy atom. The number of pyridine rings is 1. The van der Waals surface area contributed by atoms with Crippen molar-refractivity contribution >= 4 is 5.57 Å². The Hall–Kier alpha value is -1.15. The van der Waals surface area contributed by atoms with Gasteiger partial charge in [-0.25, -0.2) is 0 Å². The summed E-state index contributed by atoms with van der Waals surface area (Å²) in [6.07, 6.45) is 8.79. The van der Waals surface area contributed by atoms with Crippen LogP contribution >= 0.6 is 0 Å². The Morgan fingerprint density at radius 1 is 1.36 bits per heavy atom. The van der Waals surface area contributed by atoms with Crippen LogP contribution in [0.15, 0.2) is 30.6 Å². The van der Waals surface area contributed by atoms with Gasteiger partial charge in [-0.05, 0) is 30.0 Å². The summed E-state index contributed by atoms with van der Waals surface area (Å²) >= 11 is 0. The first-order chi connectivity index (χ1) is 6.88. The highest BCUT2D eigenvalue weighted by molar-refractivity contribution is 5.68. The summed E-state index contributed by atoms with van der Waals surface area (Å²) in [4.78, 5) is 4.16. The number of nitrogens with zero attached hydrogens (tertiary/aromatic N) is 1. The minimum absolute atomic E-state index is 0.491. The second kappa shape index (κ2) is 2.92. The Balaban J connectivity index is 1.91. The van der Waals surface area contributed by atoms with Crippen molar-refractivity contribution in [2.24, 2.45) is 5.41 Å². The molecule has 72 valence electrons. The van der Waals surface area contributed by atoms with Gasteiger partial charge in [0.15, 0.2) is 0 Å². The van der Waals surface area contributed by atoms with Crippen LogP contribution in [-0.2, 0) is 0 Å². The highest BCUT2D eigenvalue weighted by atomic mass is 15.0. The fraction of sp³-hybridized carbons (Fsp3) is 0.417. The van der Waals surface area contributed by atoms with Gasteiger partial charge in [-0.15, -0.1) is 0 Å². The quantitative estimate of drug-likeness (QED) is 0.724. The molecular formula is C12H14N2. The zero-order valence-electron chi connectivity index (χ0n) is 8.16. The smallest absolute Gasteiger partial charge is 0.0342 e. The lowest BCUT2D eigenvalue weighted by molar-refractivity contribution is 0.236. The molecule has 0 saturated carbocycles. The maximum absolute atomic E-state index is 4.16. The molecule has 1 aromatic heterocycles. The molecule has 2 aliphatic rings. The molecule has 2 heteroatoms. The molecule has 0 atom stereocenters. The Morgan fingerprint density at radius 2 is 2.29 bits per heavy atom. The van der Waals surface area contributed by atoms with Crippen LogP contribution < -0.4 is 5.32 Å². The first-order valence-electron chi connectivity index (χ1n) is 5.21. The van der Waals surface area contributed by atoms with Crippen LogP contribution in [0.1, 0.15) is 18.4 Å². The van der Waals surface area contributed by atoms with Crippen LogP contribution in [0.5, 0.6) is 0 Å². The first-order valence-corrected chi connectivity index (χ1v) is 5.21. The number of hydrogen-bond donors (Lipinski definition) is 1. The largest absolute Gasteiger partial charge is 0.315 e. The molecule has 1 fully saturated rings. The molecule has 0 bridgehead atoms. The highest BCUT2D eigenvalue weighted by Crippen LogP contribution is 2.42. The third kappa shape index (κ3) is 1.18. The standard InChI is InChI=1S/C12H14N2/c1-2-11(7-13-5-1)10-3-4-12(6-10)8-14-9-12/h1-2,5-7,14H,3-4,8-9H2. The van der Waals surface area contributed by atoms with E-state index in [1.807, 2.05) is 18.5 Å². The molecule has 0 aromatic carbocycles. The summed E-state index contributed by atoms with van der Waals surface area (Å²) in [6, 6.07) is 4.17.